The molecule has 6 heteroatoms. The molecule has 0 spiro atoms. The first kappa shape index (κ1) is 24.9. The fraction of sp³-hybridized carbons (Fsp3) is 0.900. The van der Waals surface area contributed by atoms with Crippen molar-refractivity contribution in [1.82, 2.24) is 0 Å². The minimum atomic E-state index is -0.900. The minimum Gasteiger partial charge on any atom is -0.481 e. The Morgan fingerprint density at radius 3 is 2.08 bits per heavy atom. The number of esters is 1. The van der Waals surface area contributed by atoms with Crippen LogP contribution in [-0.2, 0) is 23.8 Å². The van der Waals surface area contributed by atoms with Gasteiger partial charge in [0, 0.05) is 26.1 Å². The maximum absolute atomic E-state index is 11.7. The van der Waals surface area contributed by atoms with Crippen LogP contribution in [0.2, 0.25) is 0 Å². The van der Waals surface area contributed by atoms with Gasteiger partial charge in [-0.1, -0.05) is 52.4 Å². The number of unbranched alkanes of at least 4 members (excludes halogenated alkanes) is 6. The van der Waals surface area contributed by atoms with E-state index in [-0.39, 0.29) is 31.5 Å². The molecule has 154 valence electrons. The van der Waals surface area contributed by atoms with E-state index >= 15 is 0 Å². The van der Waals surface area contributed by atoms with E-state index in [2.05, 4.69) is 13.8 Å². The highest BCUT2D eigenvalue weighted by Crippen LogP contribution is 2.05. The standard InChI is InChI=1S/C20H38O6/c1-3-5-7-9-14-24-16-18(25-15-10-8-6-4-2)17-26-20(23)13-11-12-19(21)22/h18H,3-17H2,1-2H3,(H,21,22). The summed E-state index contributed by atoms with van der Waals surface area (Å²) in [7, 11) is 0. The molecule has 6 nitrogen and oxygen atoms in total. The van der Waals surface area contributed by atoms with Crippen LogP contribution in [0.15, 0.2) is 0 Å². The predicted octanol–water partition coefficient (Wildman–Crippen LogP) is 4.35. The lowest BCUT2D eigenvalue weighted by Gasteiger charge is -2.18. The van der Waals surface area contributed by atoms with Gasteiger partial charge in [0.1, 0.15) is 12.7 Å². The maximum Gasteiger partial charge on any atom is 0.305 e. The van der Waals surface area contributed by atoms with Crippen molar-refractivity contribution < 1.29 is 28.9 Å². The number of rotatable bonds is 19. The second kappa shape index (κ2) is 18.6. The van der Waals surface area contributed by atoms with Crippen LogP contribution in [0, 0.1) is 0 Å². The topological polar surface area (TPSA) is 82.1 Å². The second-order valence-electron chi connectivity index (χ2n) is 6.62. The third kappa shape index (κ3) is 17.7. The van der Waals surface area contributed by atoms with Gasteiger partial charge in [-0.15, -0.1) is 0 Å². The summed E-state index contributed by atoms with van der Waals surface area (Å²) in [4.78, 5) is 22.1. The summed E-state index contributed by atoms with van der Waals surface area (Å²) >= 11 is 0. The largest absolute Gasteiger partial charge is 0.481 e. The first-order valence-electron chi connectivity index (χ1n) is 10.2. The Bertz CT molecular complexity index is 345. The summed E-state index contributed by atoms with van der Waals surface area (Å²) in [5, 5.41) is 8.59. The fourth-order valence-corrected chi connectivity index (χ4v) is 2.41. The molecule has 0 heterocycles. The third-order valence-electron chi connectivity index (χ3n) is 4.00. The quantitative estimate of drug-likeness (QED) is 0.267. The van der Waals surface area contributed by atoms with E-state index in [4.69, 9.17) is 19.3 Å². The Morgan fingerprint density at radius 1 is 0.808 bits per heavy atom. The van der Waals surface area contributed by atoms with Gasteiger partial charge < -0.3 is 19.3 Å². The Balaban J connectivity index is 4.00. The van der Waals surface area contributed by atoms with Crippen LogP contribution < -0.4 is 0 Å². The molecule has 0 radical (unpaired) electrons. The summed E-state index contributed by atoms with van der Waals surface area (Å²) in [5.41, 5.74) is 0. The molecule has 1 unspecified atom stereocenters. The molecule has 0 aromatic rings. The van der Waals surface area contributed by atoms with Crippen LogP contribution in [0.4, 0.5) is 0 Å². The Morgan fingerprint density at radius 2 is 1.46 bits per heavy atom. The van der Waals surface area contributed by atoms with Gasteiger partial charge in [-0.2, -0.15) is 0 Å². The number of hydrogen-bond donors (Lipinski definition) is 1. The number of aliphatic carboxylic acids is 1. The Labute approximate surface area is 158 Å². The zero-order valence-corrected chi connectivity index (χ0v) is 16.7. The molecule has 0 aliphatic heterocycles. The van der Waals surface area contributed by atoms with Crippen molar-refractivity contribution >= 4 is 11.9 Å². The lowest BCUT2D eigenvalue weighted by atomic mass is 10.2. The van der Waals surface area contributed by atoms with Gasteiger partial charge in [0.05, 0.1) is 6.61 Å². The number of carboxylic acid groups (broad SMARTS) is 1. The van der Waals surface area contributed by atoms with Gasteiger partial charge in [-0.25, -0.2) is 0 Å². The molecule has 0 fully saturated rings. The average molecular weight is 375 g/mol. The summed E-state index contributed by atoms with van der Waals surface area (Å²) in [6.07, 6.45) is 9.25. The van der Waals surface area contributed by atoms with Crippen molar-refractivity contribution in [3.63, 3.8) is 0 Å². The molecule has 0 saturated carbocycles. The number of carbonyl (C=O) groups excluding carboxylic acids is 1. The highest BCUT2D eigenvalue weighted by atomic mass is 16.6. The van der Waals surface area contributed by atoms with Crippen molar-refractivity contribution in [3.8, 4) is 0 Å². The molecule has 0 amide bonds. The van der Waals surface area contributed by atoms with Gasteiger partial charge in [-0.05, 0) is 19.3 Å². The van der Waals surface area contributed by atoms with Crippen LogP contribution >= 0.6 is 0 Å². The lowest BCUT2D eigenvalue weighted by Crippen LogP contribution is -2.28. The van der Waals surface area contributed by atoms with Crippen LogP contribution in [0.5, 0.6) is 0 Å². The van der Waals surface area contributed by atoms with E-state index in [1.54, 1.807) is 0 Å². The zero-order chi connectivity index (χ0) is 19.5. The Hall–Kier alpha value is -1.14. The van der Waals surface area contributed by atoms with Crippen LogP contribution in [-0.4, -0.2) is 49.6 Å². The van der Waals surface area contributed by atoms with E-state index in [1.807, 2.05) is 0 Å². The van der Waals surface area contributed by atoms with E-state index in [0.717, 1.165) is 25.7 Å². The number of ether oxygens (including phenoxy) is 3. The maximum atomic E-state index is 11.7. The molecule has 0 aromatic carbocycles. The SMILES string of the molecule is CCCCCCOCC(COC(=O)CCCC(=O)O)OCCCCCC. The monoisotopic (exact) mass is 374 g/mol. The normalized spacial score (nSPS) is 12.1. The molecule has 0 bridgehead atoms. The van der Waals surface area contributed by atoms with Crippen LogP contribution in [0.3, 0.4) is 0 Å². The number of hydrogen-bond acceptors (Lipinski definition) is 5. The van der Waals surface area contributed by atoms with Crippen LogP contribution in [0.25, 0.3) is 0 Å². The van der Waals surface area contributed by atoms with E-state index in [0.29, 0.717) is 26.2 Å². The van der Waals surface area contributed by atoms with Crippen LogP contribution in [0.1, 0.15) is 84.5 Å². The lowest BCUT2D eigenvalue weighted by molar-refractivity contribution is -0.150. The average Bonchev–Trinajstić information content (AvgIpc) is 2.61. The number of carboxylic acids is 1. The van der Waals surface area contributed by atoms with E-state index in [1.165, 1.54) is 25.7 Å². The first-order chi connectivity index (χ1) is 12.6. The van der Waals surface area contributed by atoms with Gasteiger partial charge in [-0.3, -0.25) is 9.59 Å². The molecule has 0 aliphatic carbocycles. The smallest absolute Gasteiger partial charge is 0.305 e. The molecule has 1 atom stereocenters. The van der Waals surface area contributed by atoms with Gasteiger partial charge in [0.2, 0.25) is 0 Å². The molecule has 0 rings (SSSR count). The van der Waals surface area contributed by atoms with E-state index in [9.17, 15) is 9.59 Å². The summed E-state index contributed by atoms with van der Waals surface area (Å²) < 4.78 is 16.7. The molecule has 26 heavy (non-hydrogen) atoms. The fourth-order valence-electron chi connectivity index (χ4n) is 2.41. The summed E-state index contributed by atoms with van der Waals surface area (Å²) in [6, 6.07) is 0. The summed E-state index contributed by atoms with van der Waals surface area (Å²) in [6.45, 7) is 6.26. The molecule has 0 aromatic heterocycles. The van der Waals surface area contributed by atoms with Crippen molar-refractivity contribution in [2.75, 3.05) is 26.4 Å². The zero-order valence-electron chi connectivity index (χ0n) is 16.7. The number of carbonyl (C=O) groups is 2. The predicted molar refractivity (Wildman–Crippen MR) is 101 cm³/mol. The van der Waals surface area contributed by atoms with Crippen molar-refractivity contribution in [2.24, 2.45) is 0 Å². The Kier molecular flexibility index (Phi) is 17.8. The van der Waals surface area contributed by atoms with Gasteiger partial charge in [0.25, 0.3) is 0 Å². The van der Waals surface area contributed by atoms with Crippen molar-refractivity contribution in [1.29, 1.82) is 0 Å². The van der Waals surface area contributed by atoms with Gasteiger partial charge in [0.15, 0.2) is 0 Å². The molecule has 0 aliphatic rings. The van der Waals surface area contributed by atoms with Gasteiger partial charge >= 0.3 is 11.9 Å². The highest BCUT2D eigenvalue weighted by molar-refractivity contribution is 5.71. The molecular weight excluding hydrogens is 336 g/mol. The van der Waals surface area contributed by atoms with E-state index < -0.39 is 5.97 Å². The summed E-state index contributed by atoms with van der Waals surface area (Å²) in [5.74, 6) is -1.28. The second-order valence-corrected chi connectivity index (χ2v) is 6.62. The highest BCUT2D eigenvalue weighted by Gasteiger charge is 2.13. The third-order valence-corrected chi connectivity index (χ3v) is 4.00. The van der Waals surface area contributed by atoms with Crippen molar-refractivity contribution in [3.05, 3.63) is 0 Å². The minimum absolute atomic E-state index is 0.0205. The molecule has 1 N–H and O–H groups in total. The first-order valence-corrected chi connectivity index (χ1v) is 10.2. The molecule has 0 saturated heterocycles. The molecular formula is C20H38O6. The van der Waals surface area contributed by atoms with Crippen molar-refractivity contribution in [2.45, 2.75) is 90.6 Å².